The van der Waals surface area contributed by atoms with Gasteiger partial charge in [-0.15, -0.1) is 0 Å². The lowest BCUT2D eigenvalue weighted by Crippen LogP contribution is -2.24. The van der Waals surface area contributed by atoms with E-state index in [1.54, 1.807) is 31.3 Å². The molecule has 2 unspecified atom stereocenters. The van der Waals surface area contributed by atoms with Gasteiger partial charge in [0.25, 0.3) is 0 Å². The van der Waals surface area contributed by atoms with Crippen LogP contribution in [0.4, 0.5) is 16.2 Å². The molecule has 1 aromatic carbocycles. The van der Waals surface area contributed by atoms with Gasteiger partial charge in [-0.05, 0) is 30.5 Å². The molecular formula is C13H17N3O2. The lowest BCUT2D eigenvalue weighted by Gasteiger charge is -2.08. The van der Waals surface area contributed by atoms with Crippen LogP contribution in [-0.2, 0) is 4.79 Å². The maximum atomic E-state index is 11.8. The molecule has 2 rings (SSSR count). The van der Waals surface area contributed by atoms with Crippen molar-refractivity contribution in [1.29, 1.82) is 0 Å². The van der Waals surface area contributed by atoms with Crippen LogP contribution in [-0.4, -0.2) is 19.0 Å². The highest BCUT2D eigenvalue weighted by Gasteiger charge is 2.39. The molecule has 18 heavy (non-hydrogen) atoms. The van der Waals surface area contributed by atoms with Crippen LogP contribution in [0.15, 0.2) is 24.3 Å². The Hall–Kier alpha value is -2.04. The first-order chi connectivity index (χ1) is 8.60. The zero-order chi connectivity index (χ0) is 13.1. The molecule has 0 radical (unpaired) electrons. The molecule has 96 valence electrons. The van der Waals surface area contributed by atoms with Gasteiger partial charge in [0.15, 0.2) is 0 Å². The summed E-state index contributed by atoms with van der Waals surface area (Å²) in [5.74, 6) is 0.678. The molecule has 1 aliphatic carbocycles. The second kappa shape index (κ2) is 5.08. The average molecular weight is 247 g/mol. The Morgan fingerprint density at radius 1 is 1.22 bits per heavy atom. The zero-order valence-corrected chi connectivity index (χ0v) is 10.5. The van der Waals surface area contributed by atoms with E-state index in [0.717, 1.165) is 6.42 Å². The maximum absolute atomic E-state index is 11.8. The average Bonchev–Trinajstić information content (AvgIpc) is 3.07. The monoisotopic (exact) mass is 247 g/mol. The van der Waals surface area contributed by atoms with Crippen LogP contribution >= 0.6 is 0 Å². The van der Waals surface area contributed by atoms with Crippen LogP contribution in [0.1, 0.15) is 13.3 Å². The van der Waals surface area contributed by atoms with Crippen LogP contribution in [0.2, 0.25) is 0 Å². The molecule has 3 N–H and O–H groups in total. The SMILES string of the molecule is CNC(=O)Nc1cccc(NC(=O)C2CC2C)c1. The predicted octanol–water partition coefficient (Wildman–Crippen LogP) is 2.03. The van der Waals surface area contributed by atoms with Gasteiger partial charge >= 0.3 is 6.03 Å². The molecular weight excluding hydrogens is 230 g/mol. The van der Waals surface area contributed by atoms with Gasteiger partial charge < -0.3 is 16.0 Å². The minimum atomic E-state index is -0.283. The summed E-state index contributed by atoms with van der Waals surface area (Å²) in [5, 5.41) is 7.98. The summed E-state index contributed by atoms with van der Waals surface area (Å²) in [6.45, 7) is 2.06. The molecule has 1 saturated carbocycles. The van der Waals surface area contributed by atoms with E-state index in [2.05, 4.69) is 22.9 Å². The number of benzene rings is 1. The number of hydrogen-bond donors (Lipinski definition) is 3. The third kappa shape index (κ3) is 3.00. The van der Waals surface area contributed by atoms with Crippen molar-refractivity contribution in [2.24, 2.45) is 11.8 Å². The minimum Gasteiger partial charge on any atom is -0.341 e. The van der Waals surface area contributed by atoms with E-state index in [4.69, 9.17) is 0 Å². The first-order valence-electron chi connectivity index (χ1n) is 6.00. The molecule has 0 heterocycles. The molecule has 5 nitrogen and oxygen atoms in total. The van der Waals surface area contributed by atoms with Crippen molar-refractivity contribution in [2.75, 3.05) is 17.7 Å². The molecule has 1 fully saturated rings. The fourth-order valence-corrected chi connectivity index (χ4v) is 1.79. The van der Waals surface area contributed by atoms with E-state index in [9.17, 15) is 9.59 Å². The highest BCUT2D eigenvalue weighted by Crippen LogP contribution is 2.38. The summed E-state index contributed by atoms with van der Waals surface area (Å²) in [6.07, 6.45) is 0.960. The third-order valence-electron chi connectivity index (χ3n) is 3.06. The molecule has 5 heteroatoms. The maximum Gasteiger partial charge on any atom is 0.318 e. The molecule has 2 atom stereocenters. The molecule has 1 aromatic rings. The second-order valence-electron chi connectivity index (χ2n) is 4.59. The van der Waals surface area contributed by atoms with Crippen LogP contribution in [0, 0.1) is 11.8 Å². The molecule has 1 aliphatic rings. The van der Waals surface area contributed by atoms with E-state index in [1.165, 1.54) is 0 Å². The van der Waals surface area contributed by atoms with Gasteiger partial charge in [-0.1, -0.05) is 13.0 Å². The van der Waals surface area contributed by atoms with E-state index < -0.39 is 0 Å². The van der Waals surface area contributed by atoms with Crippen molar-refractivity contribution < 1.29 is 9.59 Å². The normalized spacial score (nSPS) is 21.0. The highest BCUT2D eigenvalue weighted by atomic mass is 16.2. The van der Waals surface area contributed by atoms with E-state index >= 15 is 0 Å². The van der Waals surface area contributed by atoms with Gasteiger partial charge in [0, 0.05) is 24.3 Å². The molecule has 0 spiro atoms. The van der Waals surface area contributed by atoms with Gasteiger partial charge in [-0.2, -0.15) is 0 Å². The number of urea groups is 1. The number of hydrogen-bond acceptors (Lipinski definition) is 2. The highest BCUT2D eigenvalue weighted by molar-refractivity contribution is 5.95. The van der Waals surface area contributed by atoms with Crippen LogP contribution < -0.4 is 16.0 Å². The molecule has 0 bridgehead atoms. The Bertz CT molecular complexity index is 473. The van der Waals surface area contributed by atoms with E-state index in [1.807, 2.05) is 0 Å². The quantitative estimate of drug-likeness (QED) is 0.765. The smallest absolute Gasteiger partial charge is 0.318 e. The van der Waals surface area contributed by atoms with Crippen molar-refractivity contribution in [3.05, 3.63) is 24.3 Å². The second-order valence-corrected chi connectivity index (χ2v) is 4.59. The van der Waals surface area contributed by atoms with Gasteiger partial charge in [-0.3, -0.25) is 4.79 Å². The van der Waals surface area contributed by atoms with Gasteiger partial charge in [0.2, 0.25) is 5.91 Å². The van der Waals surface area contributed by atoms with E-state index in [0.29, 0.717) is 17.3 Å². The number of nitrogens with one attached hydrogen (secondary N) is 3. The lowest BCUT2D eigenvalue weighted by molar-refractivity contribution is -0.117. The molecule has 0 aliphatic heterocycles. The fraction of sp³-hybridized carbons (Fsp3) is 0.385. The molecule has 0 saturated heterocycles. The Morgan fingerprint density at radius 3 is 2.39 bits per heavy atom. The minimum absolute atomic E-state index is 0.0552. The summed E-state index contributed by atoms with van der Waals surface area (Å²) < 4.78 is 0. The van der Waals surface area contributed by atoms with Crippen molar-refractivity contribution in [3.8, 4) is 0 Å². The summed E-state index contributed by atoms with van der Waals surface area (Å²) in [6, 6.07) is 6.82. The number of carbonyl (C=O) groups is 2. The summed E-state index contributed by atoms with van der Waals surface area (Å²) in [5.41, 5.74) is 1.35. The Balaban J connectivity index is 1.98. The third-order valence-corrected chi connectivity index (χ3v) is 3.06. The Labute approximate surface area is 106 Å². The van der Waals surface area contributed by atoms with E-state index in [-0.39, 0.29) is 17.9 Å². The van der Waals surface area contributed by atoms with Crippen molar-refractivity contribution in [1.82, 2.24) is 5.32 Å². The van der Waals surface area contributed by atoms with Crippen molar-refractivity contribution >= 4 is 23.3 Å². The summed E-state index contributed by atoms with van der Waals surface area (Å²) >= 11 is 0. The number of rotatable bonds is 3. The predicted molar refractivity (Wildman–Crippen MR) is 70.4 cm³/mol. The van der Waals surface area contributed by atoms with Crippen LogP contribution in [0.3, 0.4) is 0 Å². The molecule has 3 amide bonds. The van der Waals surface area contributed by atoms with Crippen LogP contribution in [0.5, 0.6) is 0 Å². The Morgan fingerprint density at radius 2 is 1.83 bits per heavy atom. The summed E-state index contributed by atoms with van der Waals surface area (Å²) in [4.78, 5) is 22.9. The topological polar surface area (TPSA) is 70.2 Å². The van der Waals surface area contributed by atoms with Gasteiger partial charge in [0.05, 0.1) is 0 Å². The van der Waals surface area contributed by atoms with Gasteiger partial charge in [-0.25, -0.2) is 4.79 Å². The molecule has 0 aromatic heterocycles. The van der Waals surface area contributed by atoms with Crippen molar-refractivity contribution in [2.45, 2.75) is 13.3 Å². The zero-order valence-electron chi connectivity index (χ0n) is 10.5. The number of carbonyl (C=O) groups excluding carboxylic acids is 2. The fourth-order valence-electron chi connectivity index (χ4n) is 1.79. The summed E-state index contributed by atoms with van der Waals surface area (Å²) in [7, 11) is 1.55. The number of amides is 3. The Kier molecular flexibility index (Phi) is 3.50. The number of anilines is 2. The first kappa shape index (κ1) is 12.4. The van der Waals surface area contributed by atoms with Crippen LogP contribution in [0.25, 0.3) is 0 Å². The van der Waals surface area contributed by atoms with Crippen molar-refractivity contribution in [3.63, 3.8) is 0 Å². The van der Waals surface area contributed by atoms with Gasteiger partial charge in [0.1, 0.15) is 0 Å². The largest absolute Gasteiger partial charge is 0.341 e. The lowest BCUT2D eigenvalue weighted by atomic mass is 10.2. The first-order valence-corrected chi connectivity index (χ1v) is 6.00. The standard InChI is InChI=1S/C13H17N3O2/c1-8-6-11(8)12(17)15-9-4-3-5-10(7-9)16-13(18)14-2/h3-5,7-8,11H,6H2,1-2H3,(H,15,17)(H2,14,16,18).